The highest BCUT2D eigenvalue weighted by molar-refractivity contribution is 7.99. The number of aromatic nitrogens is 4. The van der Waals surface area contributed by atoms with Gasteiger partial charge in [-0.05, 0) is 23.9 Å². The van der Waals surface area contributed by atoms with E-state index in [2.05, 4.69) is 25.3 Å². The lowest BCUT2D eigenvalue weighted by Crippen LogP contribution is -1.96. The summed E-state index contributed by atoms with van der Waals surface area (Å²) >= 11 is 1.50. The molecule has 6 heteroatoms. The first-order valence-corrected chi connectivity index (χ1v) is 6.57. The second kappa shape index (κ2) is 5.19. The van der Waals surface area contributed by atoms with Crippen LogP contribution in [-0.2, 0) is 0 Å². The predicted octanol–water partition coefficient (Wildman–Crippen LogP) is 2.61. The van der Waals surface area contributed by atoms with E-state index in [-0.39, 0.29) is 0 Å². The van der Waals surface area contributed by atoms with Gasteiger partial charge in [0.1, 0.15) is 16.4 Å². The fraction of sp³-hybridized carbons (Fsp3) is 0.0769. The summed E-state index contributed by atoms with van der Waals surface area (Å²) < 4.78 is 0. The fourth-order valence-electron chi connectivity index (χ4n) is 1.68. The summed E-state index contributed by atoms with van der Waals surface area (Å²) in [6.07, 6.45) is 3.30. The highest BCUT2D eigenvalue weighted by Gasteiger charge is 2.06. The SMILES string of the molecule is CNc1nccc(Sc2ncnc3ccccc23)n1. The van der Waals surface area contributed by atoms with Gasteiger partial charge in [0.05, 0.1) is 5.52 Å². The third-order valence-corrected chi connectivity index (χ3v) is 3.52. The van der Waals surface area contributed by atoms with Gasteiger partial charge in [-0.25, -0.2) is 19.9 Å². The standard InChI is InChI=1S/C13H11N5S/c1-14-13-15-7-6-11(18-13)19-12-9-4-2-3-5-10(9)16-8-17-12/h2-8H,1H3,(H,14,15,18). The Balaban J connectivity index is 2.01. The molecule has 19 heavy (non-hydrogen) atoms. The number of hydrogen-bond acceptors (Lipinski definition) is 6. The molecule has 1 N–H and O–H groups in total. The molecule has 0 aliphatic rings. The molecule has 0 saturated carbocycles. The molecular weight excluding hydrogens is 258 g/mol. The lowest BCUT2D eigenvalue weighted by atomic mass is 10.2. The van der Waals surface area contributed by atoms with Crippen LogP contribution in [0.25, 0.3) is 10.9 Å². The quantitative estimate of drug-likeness (QED) is 0.737. The minimum absolute atomic E-state index is 0.600. The Kier molecular flexibility index (Phi) is 3.24. The van der Waals surface area contributed by atoms with Gasteiger partial charge in [0.15, 0.2) is 0 Å². The molecule has 5 nitrogen and oxygen atoms in total. The summed E-state index contributed by atoms with van der Waals surface area (Å²) in [5.74, 6) is 0.600. The molecule has 0 atom stereocenters. The Morgan fingerprint density at radius 1 is 1.05 bits per heavy atom. The van der Waals surface area contributed by atoms with Crippen molar-refractivity contribution in [3.05, 3.63) is 42.9 Å². The fourth-order valence-corrected chi connectivity index (χ4v) is 2.52. The lowest BCUT2D eigenvalue weighted by Gasteiger charge is -2.04. The molecule has 0 aliphatic carbocycles. The van der Waals surface area contributed by atoms with Crippen molar-refractivity contribution < 1.29 is 0 Å². The van der Waals surface area contributed by atoms with E-state index in [1.54, 1.807) is 19.6 Å². The van der Waals surface area contributed by atoms with Crippen LogP contribution in [0, 0.1) is 0 Å². The molecule has 3 rings (SSSR count). The number of nitrogens with zero attached hydrogens (tertiary/aromatic N) is 4. The molecule has 3 aromatic rings. The molecule has 0 bridgehead atoms. The van der Waals surface area contributed by atoms with Gasteiger partial charge in [0.2, 0.25) is 5.95 Å². The van der Waals surface area contributed by atoms with E-state index in [0.29, 0.717) is 5.95 Å². The maximum absolute atomic E-state index is 4.37. The van der Waals surface area contributed by atoms with Gasteiger partial charge in [-0.1, -0.05) is 18.2 Å². The molecule has 0 amide bonds. The lowest BCUT2D eigenvalue weighted by molar-refractivity contribution is 1.03. The molecule has 2 aromatic heterocycles. The summed E-state index contributed by atoms with van der Waals surface area (Å²) in [6, 6.07) is 9.79. The molecule has 0 spiro atoms. The Labute approximate surface area is 114 Å². The van der Waals surface area contributed by atoms with Gasteiger partial charge in [0.25, 0.3) is 0 Å². The van der Waals surface area contributed by atoms with E-state index < -0.39 is 0 Å². The molecule has 0 fully saturated rings. The van der Waals surface area contributed by atoms with Gasteiger partial charge in [-0.3, -0.25) is 0 Å². The van der Waals surface area contributed by atoms with Crippen LogP contribution in [0.3, 0.4) is 0 Å². The van der Waals surface area contributed by atoms with Crippen molar-refractivity contribution in [1.29, 1.82) is 0 Å². The topological polar surface area (TPSA) is 63.6 Å². The van der Waals surface area contributed by atoms with Crippen LogP contribution in [0.15, 0.2) is 52.9 Å². The smallest absolute Gasteiger partial charge is 0.223 e. The maximum atomic E-state index is 4.37. The van der Waals surface area contributed by atoms with Crippen LogP contribution >= 0.6 is 11.8 Å². The average Bonchev–Trinajstić information content (AvgIpc) is 2.48. The van der Waals surface area contributed by atoms with Crippen molar-refractivity contribution in [2.45, 2.75) is 10.1 Å². The Hall–Kier alpha value is -2.21. The Morgan fingerprint density at radius 2 is 1.95 bits per heavy atom. The summed E-state index contributed by atoms with van der Waals surface area (Å²) in [4.78, 5) is 17.0. The zero-order valence-electron chi connectivity index (χ0n) is 10.2. The number of nitrogens with one attached hydrogen (secondary N) is 1. The van der Waals surface area contributed by atoms with Crippen molar-refractivity contribution in [3.63, 3.8) is 0 Å². The van der Waals surface area contributed by atoms with Crippen LogP contribution in [-0.4, -0.2) is 27.0 Å². The van der Waals surface area contributed by atoms with Gasteiger partial charge in [0, 0.05) is 18.6 Å². The monoisotopic (exact) mass is 269 g/mol. The van der Waals surface area contributed by atoms with Crippen LogP contribution in [0.5, 0.6) is 0 Å². The normalized spacial score (nSPS) is 10.6. The van der Waals surface area contributed by atoms with Crippen molar-refractivity contribution in [2.75, 3.05) is 12.4 Å². The number of rotatable bonds is 3. The van der Waals surface area contributed by atoms with Crippen LogP contribution in [0.1, 0.15) is 0 Å². The molecule has 0 aliphatic heterocycles. The predicted molar refractivity (Wildman–Crippen MR) is 75.2 cm³/mol. The van der Waals surface area contributed by atoms with Gasteiger partial charge in [-0.15, -0.1) is 0 Å². The zero-order chi connectivity index (χ0) is 13.1. The number of hydrogen-bond donors (Lipinski definition) is 1. The summed E-state index contributed by atoms with van der Waals surface area (Å²) in [5, 5.41) is 5.69. The average molecular weight is 269 g/mol. The van der Waals surface area contributed by atoms with E-state index >= 15 is 0 Å². The Bertz CT molecular complexity index is 711. The molecule has 0 radical (unpaired) electrons. The number of para-hydroxylation sites is 1. The maximum Gasteiger partial charge on any atom is 0.223 e. The first-order valence-electron chi connectivity index (χ1n) is 5.75. The first kappa shape index (κ1) is 11.9. The van der Waals surface area contributed by atoms with E-state index in [9.17, 15) is 0 Å². The second-order valence-electron chi connectivity index (χ2n) is 3.77. The van der Waals surface area contributed by atoms with E-state index in [1.165, 1.54) is 11.8 Å². The van der Waals surface area contributed by atoms with Crippen molar-refractivity contribution in [3.8, 4) is 0 Å². The van der Waals surface area contributed by atoms with Gasteiger partial charge >= 0.3 is 0 Å². The Morgan fingerprint density at radius 3 is 2.84 bits per heavy atom. The molecule has 2 heterocycles. The van der Waals surface area contributed by atoms with Crippen molar-refractivity contribution >= 4 is 28.6 Å². The molecule has 94 valence electrons. The largest absolute Gasteiger partial charge is 0.357 e. The third kappa shape index (κ3) is 2.48. The summed E-state index contributed by atoms with van der Waals surface area (Å²) in [5.41, 5.74) is 0.933. The molecule has 1 aromatic carbocycles. The van der Waals surface area contributed by atoms with Crippen LogP contribution < -0.4 is 5.32 Å². The van der Waals surface area contributed by atoms with Crippen molar-refractivity contribution in [1.82, 2.24) is 19.9 Å². The zero-order valence-corrected chi connectivity index (χ0v) is 11.1. The number of fused-ring (bicyclic) bond motifs is 1. The number of benzene rings is 1. The van der Waals surface area contributed by atoms with Crippen LogP contribution in [0.4, 0.5) is 5.95 Å². The minimum atomic E-state index is 0.600. The van der Waals surface area contributed by atoms with Gasteiger partial charge in [-0.2, -0.15) is 0 Å². The minimum Gasteiger partial charge on any atom is -0.357 e. The van der Waals surface area contributed by atoms with E-state index in [1.807, 2.05) is 30.3 Å². The second-order valence-corrected chi connectivity index (χ2v) is 4.78. The van der Waals surface area contributed by atoms with Crippen LogP contribution in [0.2, 0.25) is 0 Å². The number of anilines is 1. The summed E-state index contributed by atoms with van der Waals surface area (Å²) in [7, 11) is 1.80. The third-order valence-electron chi connectivity index (χ3n) is 2.56. The highest BCUT2D eigenvalue weighted by Crippen LogP contribution is 2.29. The van der Waals surface area contributed by atoms with E-state index in [4.69, 9.17) is 0 Å². The molecule has 0 saturated heterocycles. The first-order chi connectivity index (χ1) is 9.36. The van der Waals surface area contributed by atoms with E-state index in [0.717, 1.165) is 21.0 Å². The molecular formula is C13H11N5S. The summed E-state index contributed by atoms with van der Waals surface area (Å²) in [6.45, 7) is 0. The van der Waals surface area contributed by atoms with Gasteiger partial charge < -0.3 is 5.32 Å². The van der Waals surface area contributed by atoms with Crippen molar-refractivity contribution in [2.24, 2.45) is 0 Å². The molecule has 0 unspecified atom stereocenters. The highest BCUT2D eigenvalue weighted by atomic mass is 32.2.